The van der Waals surface area contributed by atoms with Crippen LogP contribution in [0.5, 0.6) is 0 Å². The van der Waals surface area contributed by atoms with E-state index in [9.17, 15) is 8.42 Å². The van der Waals surface area contributed by atoms with E-state index in [4.69, 9.17) is 0 Å². The molecule has 0 saturated carbocycles. The second-order valence-electron chi connectivity index (χ2n) is 4.56. The molecule has 4 heteroatoms. The highest BCUT2D eigenvalue weighted by Crippen LogP contribution is 2.20. The third-order valence-electron chi connectivity index (χ3n) is 3.06. The van der Waals surface area contributed by atoms with Gasteiger partial charge in [0.25, 0.3) is 0 Å². The smallest absolute Gasteiger partial charge is 0.207 e. The summed E-state index contributed by atoms with van der Waals surface area (Å²) in [7, 11) is -3.43. The van der Waals surface area contributed by atoms with Gasteiger partial charge in [0.2, 0.25) is 10.0 Å². The van der Waals surface area contributed by atoms with Crippen LogP contribution in [0.4, 0.5) is 0 Å². The van der Waals surface area contributed by atoms with Crippen LogP contribution in [0.15, 0.2) is 54.0 Å². The standard InChI is InChI=1S/C14H17NO2S/c1-3-12-6-7-13(10-12)15-18(16,17)14-8-4-11(2)5-9-14/h3-9,12-13,15H,1,10H2,2H3/t12-,13+/m1/s1. The number of aryl methyl sites for hydroxylation is 1. The van der Waals surface area contributed by atoms with Gasteiger partial charge in [0.15, 0.2) is 0 Å². The average molecular weight is 263 g/mol. The van der Waals surface area contributed by atoms with Gasteiger partial charge in [-0.1, -0.05) is 35.9 Å². The van der Waals surface area contributed by atoms with Crippen LogP contribution in [-0.4, -0.2) is 14.5 Å². The van der Waals surface area contributed by atoms with Crippen LogP contribution in [0.25, 0.3) is 0 Å². The lowest BCUT2D eigenvalue weighted by Crippen LogP contribution is -2.32. The molecule has 0 aliphatic heterocycles. The summed E-state index contributed by atoms with van der Waals surface area (Å²) < 4.78 is 26.9. The molecule has 0 bridgehead atoms. The molecule has 0 amide bonds. The summed E-state index contributed by atoms with van der Waals surface area (Å²) in [6.45, 7) is 5.64. The Morgan fingerprint density at radius 1 is 1.28 bits per heavy atom. The maximum absolute atomic E-state index is 12.1. The van der Waals surface area contributed by atoms with Crippen LogP contribution in [0, 0.1) is 12.8 Å². The molecule has 1 aliphatic carbocycles. The van der Waals surface area contributed by atoms with Crippen molar-refractivity contribution in [2.45, 2.75) is 24.3 Å². The number of rotatable bonds is 4. The molecule has 0 aromatic heterocycles. The summed E-state index contributed by atoms with van der Waals surface area (Å²) in [5.41, 5.74) is 1.04. The molecule has 0 fully saturated rings. The largest absolute Gasteiger partial charge is 0.241 e. The lowest BCUT2D eigenvalue weighted by molar-refractivity contribution is 0.561. The second kappa shape index (κ2) is 5.08. The SMILES string of the molecule is C=C[C@@H]1C=C[C@H](NS(=O)(=O)c2ccc(C)cc2)C1. The van der Waals surface area contributed by atoms with E-state index in [1.165, 1.54) is 0 Å². The zero-order chi connectivity index (χ0) is 13.2. The zero-order valence-electron chi connectivity index (χ0n) is 10.3. The Morgan fingerprint density at radius 3 is 2.50 bits per heavy atom. The molecule has 18 heavy (non-hydrogen) atoms. The first kappa shape index (κ1) is 13.1. The van der Waals surface area contributed by atoms with Gasteiger partial charge in [-0.05, 0) is 31.4 Å². The van der Waals surface area contributed by atoms with Crippen LogP contribution >= 0.6 is 0 Å². The Morgan fingerprint density at radius 2 is 1.94 bits per heavy atom. The number of hydrogen-bond acceptors (Lipinski definition) is 2. The van der Waals surface area contributed by atoms with Gasteiger partial charge < -0.3 is 0 Å². The van der Waals surface area contributed by atoms with Gasteiger partial charge in [-0.25, -0.2) is 13.1 Å². The van der Waals surface area contributed by atoms with E-state index >= 15 is 0 Å². The first-order valence-corrected chi connectivity index (χ1v) is 7.39. The fraction of sp³-hybridized carbons (Fsp3) is 0.286. The zero-order valence-corrected chi connectivity index (χ0v) is 11.2. The molecule has 96 valence electrons. The fourth-order valence-corrected chi connectivity index (χ4v) is 3.18. The quantitative estimate of drug-likeness (QED) is 0.848. The highest BCUT2D eigenvalue weighted by molar-refractivity contribution is 7.89. The van der Waals surface area contributed by atoms with Crippen molar-refractivity contribution in [2.24, 2.45) is 5.92 Å². The second-order valence-corrected chi connectivity index (χ2v) is 6.27. The van der Waals surface area contributed by atoms with E-state index in [0.29, 0.717) is 4.90 Å². The van der Waals surface area contributed by atoms with Crippen LogP contribution in [0.3, 0.4) is 0 Å². The molecule has 2 rings (SSSR count). The molecule has 1 N–H and O–H groups in total. The van der Waals surface area contributed by atoms with E-state index in [0.717, 1.165) is 12.0 Å². The number of hydrogen-bond donors (Lipinski definition) is 1. The monoisotopic (exact) mass is 263 g/mol. The third kappa shape index (κ3) is 2.89. The van der Waals surface area contributed by atoms with Crippen LogP contribution in [-0.2, 0) is 10.0 Å². The lowest BCUT2D eigenvalue weighted by atomic mass is 10.1. The minimum Gasteiger partial charge on any atom is -0.207 e. The predicted octanol–water partition coefficient (Wildman–Crippen LogP) is 2.40. The molecule has 1 aromatic rings. The highest BCUT2D eigenvalue weighted by atomic mass is 32.2. The Balaban J connectivity index is 2.11. The van der Waals surface area contributed by atoms with Gasteiger partial charge >= 0.3 is 0 Å². The van der Waals surface area contributed by atoms with E-state index in [-0.39, 0.29) is 12.0 Å². The van der Waals surface area contributed by atoms with E-state index in [2.05, 4.69) is 11.3 Å². The number of allylic oxidation sites excluding steroid dienone is 2. The Hall–Kier alpha value is -1.39. The number of benzene rings is 1. The average Bonchev–Trinajstić information content (AvgIpc) is 2.76. The van der Waals surface area contributed by atoms with Crippen molar-refractivity contribution >= 4 is 10.0 Å². The maximum Gasteiger partial charge on any atom is 0.241 e. The number of nitrogens with one attached hydrogen (secondary N) is 1. The van der Waals surface area contributed by atoms with Crippen molar-refractivity contribution in [3.8, 4) is 0 Å². The molecular formula is C14H17NO2S. The van der Waals surface area contributed by atoms with Gasteiger partial charge in [0, 0.05) is 6.04 Å². The van der Waals surface area contributed by atoms with Crippen molar-refractivity contribution in [3.05, 3.63) is 54.6 Å². The van der Waals surface area contributed by atoms with Gasteiger partial charge in [0.05, 0.1) is 4.90 Å². The Kier molecular flexibility index (Phi) is 3.68. The van der Waals surface area contributed by atoms with Gasteiger partial charge in [-0.2, -0.15) is 0 Å². The molecule has 1 aliphatic rings. The molecule has 2 atom stereocenters. The molecule has 0 saturated heterocycles. The predicted molar refractivity (Wildman–Crippen MR) is 72.7 cm³/mol. The minimum atomic E-state index is -3.43. The van der Waals surface area contributed by atoms with E-state index in [1.807, 2.05) is 25.2 Å². The van der Waals surface area contributed by atoms with Crippen molar-refractivity contribution in [3.63, 3.8) is 0 Å². The number of sulfonamides is 1. The normalized spacial score (nSPS) is 23.2. The summed E-state index contributed by atoms with van der Waals surface area (Å²) in [5, 5.41) is 0. The highest BCUT2D eigenvalue weighted by Gasteiger charge is 2.22. The Labute approximate surface area is 108 Å². The van der Waals surface area contributed by atoms with Gasteiger partial charge in [-0.3, -0.25) is 0 Å². The maximum atomic E-state index is 12.1. The minimum absolute atomic E-state index is 0.140. The third-order valence-corrected chi connectivity index (χ3v) is 4.56. The summed E-state index contributed by atoms with van der Waals surface area (Å²) in [6.07, 6.45) is 6.44. The van der Waals surface area contributed by atoms with Crippen molar-refractivity contribution in [1.82, 2.24) is 4.72 Å². The lowest BCUT2D eigenvalue weighted by Gasteiger charge is -2.12. The molecule has 3 nitrogen and oxygen atoms in total. The van der Waals surface area contributed by atoms with Gasteiger partial charge in [-0.15, -0.1) is 6.58 Å². The van der Waals surface area contributed by atoms with Crippen LogP contribution < -0.4 is 4.72 Å². The van der Waals surface area contributed by atoms with Gasteiger partial charge in [0.1, 0.15) is 0 Å². The topological polar surface area (TPSA) is 46.2 Å². The van der Waals surface area contributed by atoms with Crippen LogP contribution in [0.1, 0.15) is 12.0 Å². The van der Waals surface area contributed by atoms with E-state index < -0.39 is 10.0 Å². The van der Waals surface area contributed by atoms with Crippen molar-refractivity contribution in [2.75, 3.05) is 0 Å². The molecule has 0 heterocycles. The summed E-state index contributed by atoms with van der Waals surface area (Å²) in [6, 6.07) is 6.71. The summed E-state index contributed by atoms with van der Waals surface area (Å²) in [5.74, 6) is 0.260. The first-order chi connectivity index (χ1) is 8.51. The summed E-state index contributed by atoms with van der Waals surface area (Å²) >= 11 is 0. The molecule has 0 spiro atoms. The molecule has 0 unspecified atom stereocenters. The van der Waals surface area contributed by atoms with E-state index in [1.54, 1.807) is 24.3 Å². The molecule has 1 aromatic carbocycles. The molecule has 0 radical (unpaired) electrons. The van der Waals surface area contributed by atoms with Crippen molar-refractivity contribution < 1.29 is 8.42 Å². The van der Waals surface area contributed by atoms with Crippen LogP contribution in [0.2, 0.25) is 0 Å². The fourth-order valence-electron chi connectivity index (χ4n) is 1.97. The van der Waals surface area contributed by atoms with Crippen molar-refractivity contribution in [1.29, 1.82) is 0 Å². The summed E-state index contributed by atoms with van der Waals surface area (Å²) in [4.78, 5) is 0.309. The molecular weight excluding hydrogens is 246 g/mol. The Bertz CT molecular complexity index is 558. The first-order valence-electron chi connectivity index (χ1n) is 5.91.